The van der Waals surface area contributed by atoms with E-state index in [1.54, 1.807) is 37.1 Å². The molecule has 0 fully saturated rings. The fourth-order valence-electron chi connectivity index (χ4n) is 1.70. The maximum absolute atomic E-state index is 8.85. The van der Waals surface area contributed by atoms with E-state index in [-0.39, 0.29) is 0 Å². The average Bonchev–Trinajstić information content (AvgIpc) is 2.53. The van der Waals surface area contributed by atoms with Crippen LogP contribution in [0, 0.1) is 11.3 Å². The Bertz CT molecular complexity index is 638. The summed E-state index contributed by atoms with van der Waals surface area (Å²) in [6.45, 7) is 0.551. The lowest BCUT2D eigenvalue weighted by molar-refractivity contribution is 0.313. The van der Waals surface area contributed by atoms with Gasteiger partial charge < -0.3 is 9.47 Å². The topological polar surface area (TPSA) is 42.2 Å². The molecule has 2 aromatic rings. The lowest BCUT2D eigenvalue weighted by Crippen LogP contribution is -2.01. The number of rotatable bonds is 6. The first kappa shape index (κ1) is 15.6. The maximum atomic E-state index is 8.85. The molecule has 0 aliphatic heterocycles. The number of nitriles is 1. The van der Waals surface area contributed by atoms with E-state index in [2.05, 4.69) is 6.07 Å². The van der Waals surface area contributed by atoms with E-state index in [0.29, 0.717) is 23.7 Å². The van der Waals surface area contributed by atoms with Gasteiger partial charge in [0.2, 0.25) is 0 Å². The van der Waals surface area contributed by atoms with Crippen molar-refractivity contribution in [3.8, 4) is 17.6 Å². The van der Waals surface area contributed by atoms with Crippen molar-refractivity contribution < 1.29 is 9.47 Å². The fourth-order valence-corrected chi connectivity index (χ4v) is 2.56. The minimum Gasteiger partial charge on any atom is -0.493 e. The van der Waals surface area contributed by atoms with Crippen molar-refractivity contribution in [2.24, 2.45) is 0 Å². The van der Waals surface area contributed by atoms with Crippen LogP contribution in [-0.2, 0) is 0 Å². The first-order chi connectivity index (χ1) is 10.2. The SMILES string of the molecule is COc1cc(C#N)ccc1OCCSc1ccc(Cl)cc1. The van der Waals surface area contributed by atoms with Gasteiger partial charge in [-0.25, -0.2) is 0 Å². The quantitative estimate of drug-likeness (QED) is 0.585. The van der Waals surface area contributed by atoms with Gasteiger partial charge in [-0.1, -0.05) is 11.6 Å². The summed E-state index contributed by atoms with van der Waals surface area (Å²) in [7, 11) is 1.56. The van der Waals surface area contributed by atoms with Gasteiger partial charge in [0, 0.05) is 21.7 Å². The molecular formula is C16H14ClNO2S. The highest BCUT2D eigenvalue weighted by Gasteiger charge is 2.05. The summed E-state index contributed by atoms with van der Waals surface area (Å²) in [5, 5.41) is 9.58. The molecule has 108 valence electrons. The monoisotopic (exact) mass is 319 g/mol. The van der Waals surface area contributed by atoms with Crippen molar-refractivity contribution in [3.63, 3.8) is 0 Å². The zero-order valence-corrected chi connectivity index (χ0v) is 13.1. The van der Waals surface area contributed by atoms with Crippen molar-refractivity contribution in [1.82, 2.24) is 0 Å². The number of benzene rings is 2. The van der Waals surface area contributed by atoms with Crippen molar-refractivity contribution in [3.05, 3.63) is 53.1 Å². The predicted molar refractivity (Wildman–Crippen MR) is 85.4 cm³/mol. The van der Waals surface area contributed by atoms with Crippen LogP contribution in [-0.4, -0.2) is 19.5 Å². The van der Waals surface area contributed by atoms with Crippen LogP contribution in [0.1, 0.15) is 5.56 Å². The molecule has 0 saturated heterocycles. The van der Waals surface area contributed by atoms with Gasteiger partial charge in [0.25, 0.3) is 0 Å². The normalized spacial score (nSPS) is 9.95. The van der Waals surface area contributed by atoms with Crippen molar-refractivity contribution in [1.29, 1.82) is 5.26 Å². The first-order valence-corrected chi connectivity index (χ1v) is 7.68. The molecule has 0 heterocycles. The third-order valence-corrected chi connectivity index (χ3v) is 3.94. The summed E-state index contributed by atoms with van der Waals surface area (Å²) in [5.74, 6) is 2.03. The Morgan fingerprint density at radius 3 is 2.57 bits per heavy atom. The van der Waals surface area contributed by atoms with E-state index >= 15 is 0 Å². The largest absolute Gasteiger partial charge is 0.493 e. The molecule has 2 aromatic carbocycles. The highest BCUT2D eigenvalue weighted by atomic mass is 35.5. The molecule has 3 nitrogen and oxygen atoms in total. The Morgan fingerprint density at radius 2 is 1.90 bits per heavy atom. The smallest absolute Gasteiger partial charge is 0.162 e. The van der Waals surface area contributed by atoms with Gasteiger partial charge in [-0.15, -0.1) is 11.8 Å². The third kappa shape index (κ3) is 4.59. The molecule has 0 saturated carbocycles. The highest BCUT2D eigenvalue weighted by Crippen LogP contribution is 2.28. The van der Waals surface area contributed by atoms with E-state index in [4.69, 9.17) is 26.3 Å². The van der Waals surface area contributed by atoms with Crippen molar-refractivity contribution in [2.75, 3.05) is 19.5 Å². The summed E-state index contributed by atoms with van der Waals surface area (Å²) >= 11 is 7.53. The molecule has 0 amide bonds. The van der Waals surface area contributed by atoms with Crippen LogP contribution in [0.5, 0.6) is 11.5 Å². The Morgan fingerprint density at radius 1 is 1.14 bits per heavy atom. The molecule has 0 spiro atoms. The molecule has 2 rings (SSSR count). The molecular weight excluding hydrogens is 306 g/mol. The summed E-state index contributed by atoms with van der Waals surface area (Å²) in [6, 6.07) is 14.9. The van der Waals surface area contributed by atoms with Gasteiger partial charge in [-0.2, -0.15) is 5.26 Å². The molecule has 0 atom stereocenters. The molecule has 0 aromatic heterocycles. The molecule has 0 aliphatic carbocycles. The lowest BCUT2D eigenvalue weighted by atomic mass is 10.2. The summed E-state index contributed by atoms with van der Waals surface area (Å²) in [4.78, 5) is 1.15. The van der Waals surface area contributed by atoms with Crippen molar-refractivity contribution >= 4 is 23.4 Å². The van der Waals surface area contributed by atoms with Crippen LogP contribution >= 0.6 is 23.4 Å². The number of halogens is 1. The van der Waals surface area contributed by atoms with E-state index in [1.165, 1.54) is 0 Å². The second-order valence-corrected chi connectivity index (χ2v) is 5.73. The number of ether oxygens (including phenoxy) is 2. The van der Waals surface area contributed by atoms with E-state index < -0.39 is 0 Å². The summed E-state index contributed by atoms with van der Waals surface area (Å²) < 4.78 is 10.9. The fraction of sp³-hybridized carbons (Fsp3) is 0.188. The van der Waals surface area contributed by atoms with E-state index in [1.807, 2.05) is 24.3 Å². The van der Waals surface area contributed by atoms with Crippen LogP contribution in [0.3, 0.4) is 0 Å². The van der Waals surface area contributed by atoms with E-state index in [0.717, 1.165) is 15.7 Å². The molecule has 5 heteroatoms. The molecule has 0 aliphatic rings. The van der Waals surface area contributed by atoms with Gasteiger partial charge >= 0.3 is 0 Å². The molecule has 0 N–H and O–H groups in total. The molecule has 0 unspecified atom stereocenters. The lowest BCUT2D eigenvalue weighted by Gasteiger charge is -2.10. The number of thioether (sulfide) groups is 1. The molecule has 21 heavy (non-hydrogen) atoms. The predicted octanol–water partition coefficient (Wildman–Crippen LogP) is 4.39. The molecule has 0 bridgehead atoms. The van der Waals surface area contributed by atoms with Gasteiger partial charge in [-0.3, -0.25) is 0 Å². The van der Waals surface area contributed by atoms with Crippen LogP contribution in [0.4, 0.5) is 0 Å². The molecule has 0 radical (unpaired) electrons. The standard InChI is InChI=1S/C16H14ClNO2S/c1-19-16-10-12(11-18)2-7-15(16)20-8-9-21-14-5-3-13(17)4-6-14/h2-7,10H,8-9H2,1H3. The Labute approximate surface area is 133 Å². The summed E-state index contributed by atoms with van der Waals surface area (Å²) in [5.41, 5.74) is 0.551. The van der Waals surface area contributed by atoms with Crippen LogP contribution < -0.4 is 9.47 Å². The Hall–Kier alpha value is -1.83. The highest BCUT2D eigenvalue weighted by molar-refractivity contribution is 7.99. The third-order valence-electron chi connectivity index (χ3n) is 2.72. The van der Waals surface area contributed by atoms with E-state index in [9.17, 15) is 0 Å². The number of hydrogen-bond acceptors (Lipinski definition) is 4. The summed E-state index contributed by atoms with van der Waals surface area (Å²) in [6.07, 6.45) is 0. The minimum absolute atomic E-state index is 0.551. The second kappa shape index (κ2) is 7.82. The zero-order valence-electron chi connectivity index (χ0n) is 11.5. The number of hydrogen-bond donors (Lipinski definition) is 0. The maximum Gasteiger partial charge on any atom is 0.162 e. The zero-order chi connectivity index (χ0) is 15.1. The van der Waals surface area contributed by atoms with Crippen LogP contribution in [0.15, 0.2) is 47.4 Å². The first-order valence-electron chi connectivity index (χ1n) is 6.32. The van der Waals surface area contributed by atoms with Crippen molar-refractivity contribution in [2.45, 2.75) is 4.90 Å². The minimum atomic E-state index is 0.551. The number of methoxy groups -OCH3 is 1. The van der Waals surface area contributed by atoms with Gasteiger partial charge in [-0.05, 0) is 36.4 Å². The Kier molecular flexibility index (Phi) is 5.79. The van der Waals surface area contributed by atoms with Gasteiger partial charge in [0.15, 0.2) is 11.5 Å². The second-order valence-electron chi connectivity index (χ2n) is 4.13. The number of nitrogens with zero attached hydrogens (tertiary/aromatic N) is 1. The van der Waals surface area contributed by atoms with Gasteiger partial charge in [0.05, 0.1) is 25.3 Å². The Balaban J connectivity index is 1.86. The van der Waals surface area contributed by atoms with Gasteiger partial charge in [0.1, 0.15) is 0 Å². The van der Waals surface area contributed by atoms with Crippen LogP contribution in [0.25, 0.3) is 0 Å². The van der Waals surface area contributed by atoms with Crippen LogP contribution in [0.2, 0.25) is 5.02 Å². The average molecular weight is 320 g/mol.